The largest absolute Gasteiger partial charge is 0.322 e. The van der Waals surface area contributed by atoms with E-state index in [1.165, 1.54) is 22.6 Å². The topological polar surface area (TPSA) is 32.3 Å². The quantitative estimate of drug-likeness (QED) is 0.680. The van der Waals surface area contributed by atoms with Crippen LogP contribution in [0, 0.1) is 13.8 Å². The third-order valence-electron chi connectivity index (χ3n) is 4.61. The van der Waals surface area contributed by atoms with Gasteiger partial charge in [0.25, 0.3) is 0 Å². The van der Waals surface area contributed by atoms with Gasteiger partial charge < -0.3 is 10.2 Å². The molecule has 3 nitrogen and oxygen atoms in total. The van der Waals surface area contributed by atoms with Crippen LogP contribution in [0.25, 0.3) is 0 Å². The first-order chi connectivity index (χ1) is 11.6. The van der Waals surface area contributed by atoms with Gasteiger partial charge in [-0.1, -0.05) is 30.5 Å². The third kappa shape index (κ3) is 3.76. The summed E-state index contributed by atoms with van der Waals surface area (Å²) in [5, 5.41) is 3.74. The summed E-state index contributed by atoms with van der Waals surface area (Å²) in [5.41, 5.74) is 1.70. The summed E-state index contributed by atoms with van der Waals surface area (Å²) in [5.74, 6) is 0. The zero-order valence-corrected chi connectivity index (χ0v) is 15.7. The monoisotopic (exact) mass is 362 g/mol. The molecule has 2 heterocycles. The molecule has 3 rings (SSSR count). The second-order valence-electron chi connectivity index (χ2n) is 6.35. The Bertz CT molecular complexity index is 728. The van der Waals surface area contributed by atoms with Gasteiger partial charge in [-0.15, -0.1) is 11.3 Å². The van der Waals surface area contributed by atoms with Crippen LogP contribution in [0.5, 0.6) is 0 Å². The molecule has 0 bridgehead atoms. The number of likely N-dealkylation sites (tertiary alicyclic amines) is 1. The Labute approximate surface area is 152 Å². The molecule has 2 amide bonds. The second-order valence-corrected chi connectivity index (χ2v) is 8.08. The lowest BCUT2D eigenvalue weighted by Gasteiger charge is -2.30. The highest BCUT2D eigenvalue weighted by Gasteiger charge is 2.28. The smallest absolute Gasteiger partial charge is 0.317 e. The molecule has 128 valence electrons. The summed E-state index contributed by atoms with van der Waals surface area (Å²) in [6.45, 7) is 4.85. The van der Waals surface area contributed by atoms with Crippen molar-refractivity contribution in [3.8, 4) is 0 Å². The minimum atomic E-state index is -0.0293. The lowest BCUT2D eigenvalue weighted by molar-refractivity contribution is 0.190. The molecule has 0 aliphatic carbocycles. The van der Waals surface area contributed by atoms with Crippen molar-refractivity contribution in [1.29, 1.82) is 0 Å². The maximum atomic E-state index is 13.0. The van der Waals surface area contributed by atoms with E-state index in [4.69, 9.17) is 11.6 Å². The Morgan fingerprint density at radius 2 is 2.04 bits per heavy atom. The number of hydrogen-bond acceptors (Lipinski definition) is 2. The second kappa shape index (κ2) is 7.58. The maximum absolute atomic E-state index is 13.0. The summed E-state index contributed by atoms with van der Waals surface area (Å²) >= 11 is 7.97. The van der Waals surface area contributed by atoms with Gasteiger partial charge in [0, 0.05) is 27.0 Å². The zero-order chi connectivity index (χ0) is 17.1. The number of benzene rings is 1. The number of urea groups is 1. The van der Waals surface area contributed by atoms with Crippen molar-refractivity contribution in [2.75, 3.05) is 11.9 Å². The molecule has 1 aliphatic rings. The molecule has 1 aromatic heterocycles. The van der Waals surface area contributed by atoms with Crippen LogP contribution in [0.2, 0.25) is 5.02 Å². The number of anilines is 1. The molecular formula is C19H23ClN2OS. The van der Waals surface area contributed by atoms with Gasteiger partial charge >= 0.3 is 6.03 Å². The Kier molecular flexibility index (Phi) is 5.47. The predicted octanol–water partition coefficient (Wildman–Crippen LogP) is 6.17. The lowest BCUT2D eigenvalue weighted by Crippen LogP contribution is -2.37. The van der Waals surface area contributed by atoms with Crippen LogP contribution in [-0.4, -0.2) is 17.5 Å². The van der Waals surface area contributed by atoms with E-state index in [0.29, 0.717) is 5.02 Å². The van der Waals surface area contributed by atoms with E-state index in [1.54, 1.807) is 11.3 Å². The normalized spacial score (nSPS) is 18.3. The minimum Gasteiger partial charge on any atom is -0.317 e. The van der Waals surface area contributed by atoms with Crippen LogP contribution in [-0.2, 0) is 0 Å². The molecule has 5 heteroatoms. The lowest BCUT2D eigenvalue weighted by atomic mass is 10.1. The number of hydrogen-bond donors (Lipinski definition) is 1. The summed E-state index contributed by atoms with van der Waals surface area (Å²) in [7, 11) is 0. The van der Waals surface area contributed by atoms with Gasteiger partial charge in [0.1, 0.15) is 0 Å². The number of carbonyl (C=O) groups excluding carboxylic acids is 1. The first kappa shape index (κ1) is 17.3. The van der Waals surface area contributed by atoms with Crippen LogP contribution in [0.15, 0.2) is 30.3 Å². The van der Waals surface area contributed by atoms with Crippen molar-refractivity contribution in [1.82, 2.24) is 4.90 Å². The fourth-order valence-electron chi connectivity index (χ4n) is 3.21. The molecule has 1 unspecified atom stereocenters. The number of nitrogens with one attached hydrogen (secondary N) is 1. The zero-order valence-electron chi connectivity index (χ0n) is 14.1. The van der Waals surface area contributed by atoms with Gasteiger partial charge in [0.2, 0.25) is 0 Å². The van der Waals surface area contributed by atoms with Crippen LogP contribution in [0.4, 0.5) is 10.5 Å². The molecular weight excluding hydrogens is 340 g/mol. The number of amides is 2. The standard InChI is InChI=1S/C19H23ClN2OS/c1-13-10-11-18(24-13)17-9-4-3-5-12-22(17)19(23)21-16-8-6-7-15(20)14(16)2/h6-8,10-11,17H,3-5,9,12H2,1-2H3,(H,21,23). The first-order valence-electron chi connectivity index (χ1n) is 8.45. The number of rotatable bonds is 2. The van der Waals surface area contributed by atoms with Crippen LogP contribution >= 0.6 is 22.9 Å². The van der Waals surface area contributed by atoms with E-state index in [2.05, 4.69) is 24.4 Å². The van der Waals surface area contributed by atoms with Crippen molar-refractivity contribution < 1.29 is 4.79 Å². The SMILES string of the molecule is Cc1ccc(C2CCCCCN2C(=O)Nc2cccc(Cl)c2C)s1. The molecule has 1 saturated heterocycles. The molecule has 1 aromatic carbocycles. The van der Waals surface area contributed by atoms with Crippen LogP contribution in [0.1, 0.15) is 47.0 Å². The van der Waals surface area contributed by atoms with Crippen molar-refractivity contribution in [3.05, 3.63) is 50.7 Å². The predicted molar refractivity (Wildman–Crippen MR) is 102 cm³/mol. The highest BCUT2D eigenvalue weighted by molar-refractivity contribution is 7.12. The fraction of sp³-hybridized carbons (Fsp3) is 0.421. The number of thiophene rings is 1. The molecule has 2 aromatic rings. The summed E-state index contributed by atoms with van der Waals surface area (Å²) in [4.78, 5) is 17.5. The highest BCUT2D eigenvalue weighted by Crippen LogP contribution is 2.35. The molecule has 0 radical (unpaired) electrons. The number of halogens is 1. The van der Waals surface area contributed by atoms with Gasteiger partial charge in [-0.25, -0.2) is 4.79 Å². The van der Waals surface area contributed by atoms with Crippen molar-refractivity contribution in [2.45, 2.75) is 45.6 Å². The van der Waals surface area contributed by atoms with E-state index >= 15 is 0 Å². The molecule has 0 spiro atoms. The third-order valence-corrected chi connectivity index (χ3v) is 6.12. The molecule has 1 fully saturated rings. The van der Waals surface area contributed by atoms with E-state index in [9.17, 15) is 4.79 Å². The van der Waals surface area contributed by atoms with E-state index in [1.807, 2.05) is 30.0 Å². The van der Waals surface area contributed by atoms with E-state index in [-0.39, 0.29) is 12.1 Å². The summed E-state index contributed by atoms with van der Waals surface area (Å²) in [6, 6.07) is 10.1. The van der Waals surface area contributed by atoms with Crippen LogP contribution in [0.3, 0.4) is 0 Å². The molecule has 24 heavy (non-hydrogen) atoms. The first-order valence-corrected chi connectivity index (χ1v) is 9.65. The minimum absolute atomic E-state index is 0.0293. The van der Waals surface area contributed by atoms with E-state index < -0.39 is 0 Å². The Morgan fingerprint density at radius 3 is 2.79 bits per heavy atom. The van der Waals surface area contributed by atoms with Gasteiger partial charge in [0.05, 0.1) is 6.04 Å². The Balaban J connectivity index is 1.83. The van der Waals surface area contributed by atoms with Gasteiger partial charge in [0.15, 0.2) is 0 Å². The number of carbonyl (C=O) groups is 1. The van der Waals surface area contributed by atoms with Crippen molar-refractivity contribution >= 4 is 34.7 Å². The molecule has 1 aliphatic heterocycles. The molecule has 1 N–H and O–H groups in total. The van der Waals surface area contributed by atoms with Crippen molar-refractivity contribution in [2.24, 2.45) is 0 Å². The van der Waals surface area contributed by atoms with Gasteiger partial charge in [-0.3, -0.25) is 0 Å². The maximum Gasteiger partial charge on any atom is 0.322 e. The average molecular weight is 363 g/mol. The van der Waals surface area contributed by atoms with Crippen LogP contribution < -0.4 is 5.32 Å². The molecule has 0 saturated carbocycles. The fourth-order valence-corrected chi connectivity index (χ4v) is 4.41. The number of nitrogens with zero attached hydrogens (tertiary/aromatic N) is 1. The summed E-state index contributed by atoms with van der Waals surface area (Å²) in [6.07, 6.45) is 4.44. The summed E-state index contributed by atoms with van der Waals surface area (Å²) < 4.78 is 0. The van der Waals surface area contributed by atoms with Crippen molar-refractivity contribution in [3.63, 3.8) is 0 Å². The van der Waals surface area contributed by atoms with E-state index in [0.717, 1.165) is 30.6 Å². The molecule has 1 atom stereocenters. The number of aryl methyl sites for hydroxylation is 1. The van der Waals surface area contributed by atoms with Gasteiger partial charge in [-0.05, 0) is 56.5 Å². The Morgan fingerprint density at radius 1 is 1.21 bits per heavy atom. The average Bonchev–Trinajstić information content (AvgIpc) is 2.84. The Hall–Kier alpha value is -1.52. The highest BCUT2D eigenvalue weighted by atomic mass is 35.5. The van der Waals surface area contributed by atoms with Gasteiger partial charge in [-0.2, -0.15) is 0 Å².